The van der Waals surface area contributed by atoms with Gasteiger partial charge in [0.2, 0.25) is 0 Å². The summed E-state index contributed by atoms with van der Waals surface area (Å²) in [6.07, 6.45) is 3.98. The third-order valence-electron chi connectivity index (χ3n) is 2.53. The second-order valence-corrected chi connectivity index (χ2v) is 4.70. The van der Waals surface area contributed by atoms with Crippen molar-refractivity contribution in [1.29, 1.82) is 0 Å². The van der Waals surface area contributed by atoms with Crippen molar-refractivity contribution in [2.75, 3.05) is 25.7 Å². The number of aromatic nitrogens is 1. The summed E-state index contributed by atoms with van der Waals surface area (Å²) in [7, 11) is 1.71. The molecule has 0 aliphatic carbocycles. The molecule has 1 N–H and O–H groups in total. The zero-order valence-corrected chi connectivity index (χ0v) is 11.3. The number of aryl methyl sites for hydroxylation is 1. The molecule has 0 fully saturated rings. The van der Waals surface area contributed by atoms with E-state index in [1.54, 1.807) is 7.11 Å². The monoisotopic (exact) mass is 240 g/mol. The Morgan fingerprint density at radius 1 is 1.44 bits per heavy atom. The third kappa shape index (κ3) is 3.39. The topological polar surface area (TPSA) is 34.1 Å². The lowest BCUT2D eigenvalue weighted by Crippen LogP contribution is -2.18. The Hall–Kier alpha value is -0.740. The molecular formula is C12H20N2OS. The summed E-state index contributed by atoms with van der Waals surface area (Å²) in [5, 5.41) is 3.38. The van der Waals surface area contributed by atoms with Gasteiger partial charge in [-0.2, -0.15) is 11.8 Å². The molecule has 4 heteroatoms. The third-order valence-corrected chi connectivity index (χ3v) is 3.14. The van der Waals surface area contributed by atoms with Crippen molar-refractivity contribution < 1.29 is 4.74 Å². The molecule has 0 atom stereocenters. The minimum Gasteiger partial charge on any atom is -0.496 e. The number of hydrogen-bond donors (Lipinski definition) is 1. The second kappa shape index (κ2) is 6.76. The van der Waals surface area contributed by atoms with E-state index >= 15 is 0 Å². The molecule has 1 heterocycles. The largest absolute Gasteiger partial charge is 0.496 e. The van der Waals surface area contributed by atoms with E-state index in [0.29, 0.717) is 0 Å². The number of ether oxygens (including phenoxy) is 1. The summed E-state index contributed by atoms with van der Waals surface area (Å²) in [6, 6.07) is 0. The van der Waals surface area contributed by atoms with Crippen LogP contribution >= 0.6 is 11.8 Å². The lowest BCUT2D eigenvalue weighted by atomic mass is 10.1. The van der Waals surface area contributed by atoms with Crippen molar-refractivity contribution in [3.63, 3.8) is 0 Å². The maximum Gasteiger partial charge on any atom is 0.128 e. The number of nitrogens with zero attached hydrogens (tertiary/aromatic N) is 1. The van der Waals surface area contributed by atoms with Crippen LogP contribution in [0.4, 0.5) is 0 Å². The Morgan fingerprint density at radius 3 is 2.81 bits per heavy atom. The van der Waals surface area contributed by atoms with Crippen molar-refractivity contribution in [2.24, 2.45) is 0 Å². The van der Waals surface area contributed by atoms with Crippen LogP contribution in [0, 0.1) is 13.8 Å². The Labute approximate surface area is 102 Å². The van der Waals surface area contributed by atoms with Crippen LogP contribution in [-0.4, -0.2) is 30.6 Å². The second-order valence-electron chi connectivity index (χ2n) is 3.72. The fraction of sp³-hybridized carbons (Fsp3) is 0.583. The predicted molar refractivity (Wildman–Crippen MR) is 70.4 cm³/mol. The van der Waals surface area contributed by atoms with E-state index in [1.807, 2.05) is 24.9 Å². The highest BCUT2D eigenvalue weighted by atomic mass is 32.2. The highest BCUT2D eigenvalue weighted by Gasteiger charge is 2.08. The Kier molecular flexibility index (Phi) is 5.63. The molecule has 90 valence electrons. The molecule has 0 amide bonds. The first-order valence-electron chi connectivity index (χ1n) is 5.39. The predicted octanol–water partition coefficient (Wildman–Crippen LogP) is 2.16. The number of hydrogen-bond acceptors (Lipinski definition) is 4. The SMILES string of the molecule is COc1c(C)cnc(CNCCSC)c1C. The molecule has 0 spiro atoms. The van der Waals surface area contributed by atoms with Gasteiger partial charge in [0.05, 0.1) is 12.8 Å². The zero-order chi connectivity index (χ0) is 12.0. The minimum atomic E-state index is 0.809. The first-order chi connectivity index (χ1) is 7.70. The first-order valence-corrected chi connectivity index (χ1v) is 6.78. The highest BCUT2D eigenvalue weighted by Crippen LogP contribution is 2.23. The fourth-order valence-electron chi connectivity index (χ4n) is 1.63. The molecule has 16 heavy (non-hydrogen) atoms. The van der Waals surface area contributed by atoms with Gasteiger partial charge in [-0.15, -0.1) is 0 Å². The molecule has 0 unspecified atom stereocenters. The van der Waals surface area contributed by atoms with Gasteiger partial charge in [-0.3, -0.25) is 4.98 Å². The van der Waals surface area contributed by atoms with Crippen molar-refractivity contribution in [3.05, 3.63) is 23.0 Å². The van der Waals surface area contributed by atoms with Crippen molar-refractivity contribution >= 4 is 11.8 Å². The number of methoxy groups -OCH3 is 1. The van der Waals surface area contributed by atoms with E-state index in [0.717, 1.165) is 41.4 Å². The molecule has 0 radical (unpaired) electrons. The van der Waals surface area contributed by atoms with Crippen LogP contribution in [0.1, 0.15) is 16.8 Å². The van der Waals surface area contributed by atoms with Gasteiger partial charge in [0, 0.05) is 36.2 Å². The van der Waals surface area contributed by atoms with Gasteiger partial charge < -0.3 is 10.1 Å². The summed E-state index contributed by atoms with van der Waals surface area (Å²) in [5.74, 6) is 2.08. The average Bonchev–Trinajstić information content (AvgIpc) is 2.28. The van der Waals surface area contributed by atoms with Crippen LogP contribution in [0.15, 0.2) is 6.20 Å². The molecule has 0 saturated heterocycles. The smallest absolute Gasteiger partial charge is 0.128 e. The molecule has 1 aromatic rings. The van der Waals surface area contributed by atoms with Gasteiger partial charge >= 0.3 is 0 Å². The molecule has 1 rings (SSSR count). The fourth-order valence-corrected chi connectivity index (χ4v) is 1.98. The van der Waals surface area contributed by atoms with Crippen molar-refractivity contribution in [2.45, 2.75) is 20.4 Å². The van der Waals surface area contributed by atoms with Gasteiger partial charge in [0.1, 0.15) is 5.75 Å². The van der Waals surface area contributed by atoms with E-state index in [2.05, 4.69) is 23.5 Å². The molecule has 0 aliphatic heterocycles. The summed E-state index contributed by atoms with van der Waals surface area (Å²) in [6.45, 7) is 5.90. The van der Waals surface area contributed by atoms with Gasteiger partial charge in [-0.05, 0) is 20.1 Å². The standard InChI is InChI=1S/C12H20N2OS/c1-9-7-14-11(8-13-5-6-16-4)10(2)12(9)15-3/h7,13H,5-6,8H2,1-4H3. The highest BCUT2D eigenvalue weighted by molar-refractivity contribution is 7.98. The van der Waals surface area contributed by atoms with Crippen LogP contribution in [0.5, 0.6) is 5.75 Å². The maximum atomic E-state index is 5.37. The zero-order valence-electron chi connectivity index (χ0n) is 10.5. The van der Waals surface area contributed by atoms with E-state index in [9.17, 15) is 0 Å². The van der Waals surface area contributed by atoms with Crippen LogP contribution in [0.3, 0.4) is 0 Å². The summed E-state index contributed by atoms with van der Waals surface area (Å²) < 4.78 is 5.37. The van der Waals surface area contributed by atoms with E-state index in [-0.39, 0.29) is 0 Å². The summed E-state index contributed by atoms with van der Waals surface area (Å²) in [5.41, 5.74) is 3.30. The molecule has 1 aromatic heterocycles. The van der Waals surface area contributed by atoms with Gasteiger partial charge in [-0.1, -0.05) is 0 Å². The van der Waals surface area contributed by atoms with E-state index in [4.69, 9.17) is 4.74 Å². The quantitative estimate of drug-likeness (QED) is 0.773. The van der Waals surface area contributed by atoms with E-state index < -0.39 is 0 Å². The number of thioether (sulfide) groups is 1. The molecule has 0 aliphatic rings. The van der Waals surface area contributed by atoms with Crippen molar-refractivity contribution in [1.82, 2.24) is 10.3 Å². The molecular weight excluding hydrogens is 220 g/mol. The Balaban J connectivity index is 2.66. The van der Waals surface area contributed by atoms with Gasteiger partial charge in [-0.25, -0.2) is 0 Å². The molecule has 3 nitrogen and oxygen atoms in total. The van der Waals surface area contributed by atoms with Crippen LogP contribution in [-0.2, 0) is 6.54 Å². The minimum absolute atomic E-state index is 0.809. The normalized spacial score (nSPS) is 10.5. The van der Waals surface area contributed by atoms with Crippen LogP contribution < -0.4 is 10.1 Å². The summed E-state index contributed by atoms with van der Waals surface area (Å²) in [4.78, 5) is 4.43. The first kappa shape index (κ1) is 13.3. The lowest BCUT2D eigenvalue weighted by Gasteiger charge is -2.12. The number of pyridine rings is 1. The van der Waals surface area contributed by atoms with Gasteiger partial charge in [0.15, 0.2) is 0 Å². The maximum absolute atomic E-state index is 5.37. The Morgan fingerprint density at radius 2 is 2.19 bits per heavy atom. The van der Waals surface area contributed by atoms with Gasteiger partial charge in [0.25, 0.3) is 0 Å². The van der Waals surface area contributed by atoms with Crippen LogP contribution in [0.2, 0.25) is 0 Å². The average molecular weight is 240 g/mol. The summed E-state index contributed by atoms with van der Waals surface area (Å²) >= 11 is 1.84. The van der Waals surface area contributed by atoms with Crippen molar-refractivity contribution in [3.8, 4) is 5.75 Å². The lowest BCUT2D eigenvalue weighted by molar-refractivity contribution is 0.406. The Bertz CT molecular complexity index is 342. The molecule has 0 aromatic carbocycles. The van der Waals surface area contributed by atoms with Crippen LogP contribution in [0.25, 0.3) is 0 Å². The number of rotatable bonds is 6. The molecule has 0 bridgehead atoms. The van der Waals surface area contributed by atoms with E-state index in [1.165, 1.54) is 0 Å². The number of nitrogens with one attached hydrogen (secondary N) is 1. The molecule has 0 saturated carbocycles.